The van der Waals surface area contributed by atoms with Crippen LogP contribution in [0.3, 0.4) is 0 Å². The van der Waals surface area contributed by atoms with Gasteiger partial charge in [-0.15, -0.1) is 0 Å². The molecule has 0 aliphatic carbocycles. The van der Waals surface area contributed by atoms with Crippen LogP contribution in [0.5, 0.6) is 0 Å². The van der Waals surface area contributed by atoms with Gasteiger partial charge >= 0.3 is 0 Å². The maximum absolute atomic E-state index is 13.6. The highest BCUT2D eigenvalue weighted by molar-refractivity contribution is 7.92. The summed E-state index contributed by atoms with van der Waals surface area (Å²) < 4.78 is 28.3. The van der Waals surface area contributed by atoms with Crippen LogP contribution >= 0.6 is 0 Å². The fourth-order valence-electron chi connectivity index (χ4n) is 3.41. The van der Waals surface area contributed by atoms with E-state index in [0.717, 1.165) is 28.7 Å². The number of carbonyl (C=O) groups is 1. The van der Waals surface area contributed by atoms with Crippen LogP contribution in [0.25, 0.3) is 0 Å². The van der Waals surface area contributed by atoms with Crippen LogP contribution in [0.15, 0.2) is 71.6 Å². The zero-order chi connectivity index (χ0) is 22.6. The van der Waals surface area contributed by atoms with Gasteiger partial charge in [0.25, 0.3) is 10.0 Å². The van der Waals surface area contributed by atoms with Gasteiger partial charge < -0.3 is 5.32 Å². The van der Waals surface area contributed by atoms with Gasteiger partial charge in [-0.2, -0.15) is 0 Å². The predicted molar refractivity (Wildman–Crippen MR) is 126 cm³/mol. The molecular formula is C25H28N2O3S. The Labute approximate surface area is 184 Å². The molecule has 0 aliphatic heterocycles. The lowest BCUT2D eigenvalue weighted by molar-refractivity contribution is -0.114. The molecule has 162 valence electrons. The van der Waals surface area contributed by atoms with Crippen molar-refractivity contribution in [2.24, 2.45) is 0 Å². The molecule has 1 amide bonds. The van der Waals surface area contributed by atoms with Crippen LogP contribution in [0, 0.1) is 20.8 Å². The Hall–Kier alpha value is -3.12. The summed E-state index contributed by atoms with van der Waals surface area (Å²) in [5.74, 6) is -0.391. The third-order valence-electron chi connectivity index (χ3n) is 5.41. The molecule has 3 rings (SSSR count). The molecule has 5 nitrogen and oxygen atoms in total. The summed E-state index contributed by atoms with van der Waals surface area (Å²) in [4.78, 5) is 13.1. The molecule has 0 fully saturated rings. The molecule has 0 heterocycles. The summed E-state index contributed by atoms with van der Waals surface area (Å²) in [5.41, 5.74) is 4.93. The largest absolute Gasteiger partial charge is 0.324 e. The number of hydrogen-bond donors (Lipinski definition) is 1. The standard InChI is InChI=1S/C25H28N2O3S/c1-5-21-10-6-7-11-23(21)26-25(28)17-27(24-12-8-9-19(3)20(24)4)31(29,30)22-15-13-18(2)14-16-22/h6-16H,5,17H2,1-4H3,(H,26,28). The van der Waals surface area contributed by atoms with Gasteiger partial charge in [-0.3, -0.25) is 9.10 Å². The van der Waals surface area contributed by atoms with E-state index in [-0.39, 0.29) is 11.4 Å². The number of nitrogens with one attached hydrogen (secondary N) is 1. The van der Waals surface area contributed by atoms with Gasteiger partial charge in [-0.05, 0) is 68.1 Å². The van der Waals surface area contributed by atoms with E-state index in [2.05, 4.69) is 5.32 Å². The van der Waals surface area contributed by atoms with Crippen molar-refractivity contribution in [2.45, 2.75) is 39.0 Å². The zero-order valence-corrected chi connectivity index (χ0v) is 19.2. The lowest BCUT2D eigenvalue weighted by Crippen LogP contribution is -2.38. The van der Waals surface area contributed by atoms with Crippen molar-refractivity contribution in [2.75, 3.05) is 16.2 Å². The van der Waals surface area contributed by atoms with Gasteiger partial charge in [0.1, 0.15) is 6.54 Å². The highest BCUT2D eigenvalue weighted by Gasteiger charge is 2.28. The number of para-hydroxylation sites is 1. The number of amides is 1. The molecule has 0 aliphatic rings. The van der Waals surface area contributed by atoms with Crippen molar-refractivity contribution in [3.8, 4) is 0 Å². The number of benzene rings is 3. The Morgan fingerprint density at radius 1 is 0.903 bits per heavy atom. The first-order valence-corrected chi connectivity index (χ1v) is 11.7. The Kier molecular flexibility index (Phi) is 6.81. The van der Waals surface area contributed by atoms with Crippen LogP contribution in [-0.2, 0) is 21.2 Å². The second-order valence-corrected chi connectivity index (χ2v) is 9.46. The van der Waals surface area contributed by atoms with E-state index in [0.29, 0.717) is 11.4 Å². The number of anilines is 2. The first-order valence-electron chi connectivity index (χ1n) is 10.3. The third kappa shape index (κ3) is 4.97. The first-order chi connectivity index (χ1) is 14.7. The lowest BCUT2D eigenvalue weighted by atomic mass is 10.1. The Morgan fingerprint density at radius 3 is 2.26 bits per heavy atom. The summed E-state index contributed by atoms with van der Waals surface area (Å²) in [5, 5.41) is 2.88. The molecule has 3 aromatic carbocycles. The molecule has 0 aromatic heterocycles. The molecule has 6 heteroatoms. The monoisotopic (exact) mass is 436 g/mol. The molecule has 0 unspecified atom stereocenters. The Morgan fingerprint density at radius 2 is 1.58 bits per heavy atom. The van der Waals surface area contributed by atoms with Crippen LogP contribution in [-0.4, -0.2) is 20.9 Å². The van der Waals surface area contributed by atoms with Gasteiger partial charge in [0.15, 0.2) is 0 Å². The number of rotatable bonds is 7. The minimum atomic E-state index is -3.94. The summed E-state index contributed by atoms with van der Waals surface area (Å²) in [6, 6.07) is 19.7. The summed E-state index contributed by atoms with van der Waals surface area (Å²) in [6.07, 6.45) is 0.763. The van der Waals surface area contributed by atoms with Gasteiger partial charge in [0.2, 0.25) is 5.91 Å². The topological polar surface area (TPSA) is 66.5 Å². The van der Waals surface area contributed by atoms with E-state index in [9.17, 15) is 13.2 Å². The molecule has 0 saturated carbocycles. The van der Waals surface area contributed by atoms with Gasteiger partial charge in [-0.1, -0.05) is 55.0 Å². The zero-order valence-electron chi connectivity index (χ0n) is 18.3. The Balaban J connectivity index is 2.01. The molecule has 3 aromatic rings. The van der Waals surface area contributed by atoms with Crippen LogP contribution in [0.4, 0.5) is 11.4 Å². The SMILES string of the molecule is CCc1ccccc1NC(=O)CN(c1cccc(C)c1C)S(=O)(=O)c1ccc(C)cc1. The highest BCUT2D eigenvalue weighted by Crippen LogP contribution is 2.29. The minimum absolute atomic E-state index is 0.153. The number of aryl methyl sites for hydroxylation is 3. The van der Waals surface area contributed by atoms with Crippen molar-refractivity contribution < 1.29 is 13.2 Å². The van der Waals surface area contributed by atoms with Crippen molar-refractivity contribution in [3.63, 3.8) is 0 Å². The maximum atomic E-state index is 13.6. The smallest absolute Gasteiger partial charge is 0.264 e. The van der Waals surface area contributed by atoms with Gasteiger partial charge in [-0.25, -0.2) is 8.42 Å². The lowest BCUT2D eigenvalue weighted by Gasteiger charge is -2.26. The molecule has 31 heavy (non-hydrogen) atoms. The fraction of sp³-hybridized carbons (Fsp3) is 0.240. The first kappa shape index (κ1) is 22.6. The molecule has 0 bridgehead atoms. The summed E-state index contributed by atoms with van der Waals surface area (Å²) in [7, 11) is -3.94. The molecule has 0 saturated heterocycles. The van der Waals surface area contributed by atoms with E-state index in [1.54, 1.807) is 36.4 Å². The van der Waals surface area contributed by atoms with Crippen LogP contribution in [0.2, 0.25) is 0 Å². The van der Waals surface area contributed by atoms with Crippen LogP contribution in [0.1, 0.15) is 29.2 Å². The summed E-state index contributed by atoms with van der Waals surface area (Å²) in [6.45, 7) is 7.38. The second-order valence-electron chi connectivity index (χ2n) is 7.60. The van der Waals surface area contributed by atoms with Gasteiger partial charge in [0.05, 0.1) is 10.6 Å². The van der Waals surface area contributed by atoms with Crippen molar-refractivity contribution in [3.05, 3.63) is 89.0 Å². The van der Waals surface area contributed by atoms with E-state index in [1.807, 2.05) is 58.0 Å². The van der Waals surface area contributed by atoms with Crippen molar-refractivity contribution >= 4 is 27.3 Å². The second kappa shape index (κ2) is 9.35. The number of hydrogen-bond acceptors (Lipinski definition) is 3. The van der Waals surface area contributed by atoms with E-state index in [4.69, 9.17) is 0 Å². The predicted octanol–water partition coefficient (Wildman–Crippen LogP) is 5.01. The third-order valence-corrected chi connectivity index (χ3v) is 7.19. The number of sulfonamides is 1. The maximum Gasteiger partial charge on any atom is 0.264 e. The summed E-state index contributed by atoms with van der Waals surface area (Å²) >= 11 is 0. The van der Waals surface area contributed by atoms with Crippen molar-refractivity contribution in [1.29, 1.82) is 0 Å². The number of nitrogens with zero attached hydrogens (tertiary/aromatic N) is 1. The van der Waals surface area contributed by atoms with E-state index < -0.39 is 15.9 Å². The average Bonchev–Trinajstić information content (AvgIpc) is 2.75. The highest BCUT2D eigenvalue weighted by atomic mass is 32.2. The van der Waals surface area contributed by atoms with E-state index in [1.165, 1.54) is 4.31 Å². The molecular weight excluding hydrogens is 408 g/mol. The Bertz CT molecular complexity index is 1190. The quantitative estimate of drug-likeness (QED) is 0.566. The molecule has 0 radical (unpaired) electrons. The van der Waals surface area contributed by atoms with E-state index >= 15 is 0 Å². The minimum Gasteiger partial charge on any atom is -0.324 e. The fourth-order valence-corrected chi connectivity index (χ4v) is 4.89. The normalized spacial score (nSPS) is 11.2. The molecule has 0 spiro atoms. The van der Waals surface area contributed by atoms with Crippen molar-refractivity contribution in [1.82, 2.24) is 0 Å². The van der Waals surface area contributed by atoms with Gasteiger partial charge in [0, 0.05) is 5.69 Å². The average molecular weight is 437 g/mol. The van der Waals surface area contributed by atoms with Crippen LogP contribution < -0.4 is 9.62 Å². The molecule has 1 N–H and O–H groups in total. The molecule has 0 atom stereocenters. The number of carbonyl (C=O) groups excluding carboxylic acids is 1.